The fourth-order valence-electron chi connectivity index (χ4n) is 3.13. The Kier molecular flexibility index (Phi) is 6.26. The van der Waals surface area contributed by atoms with Crippen molar-refractivity contribution in [1.29, 1.82) is 0 Å². The van der Waals surface area contributed by atoms with Crippen LogP contribution in [0.4, 0.5) is 5.69 Å². The van der Waals surface area contributed by atoms with Crippen molar-refractivity contribution in [3.8, 4) is 0 Å². The van der Waals surface area contributed by atoms with Gasteiger partial charge in [-0.05, 0) is 43.3 Å². The van der Waals surface area contributed by atoms with E-state index in [1.807, 2.05) is 19.1 Å². The highest BCUT2D eigenvalue weighted by atomic mass is 16.5. The minimum atomic E-state index is -0.161. The summed E-state index contributed by atoms with van der Waals surface area (Å²) >= 11 is 0. The van der Waals surface area contributed by atoms with Crippen molar-refractivity contribution in [2.75, 3.05) is 38.2 Å². The number of nitrogens with one attached hydrogen (secondary N) is 2. The maximum absolute atomic E-state index is 12.5. The summed E-state index contributed by atoms with van der Waals surface area (Å²) in [6, 6.07) is 10.7. The Bertz CT molecular complexity index is 779. The average molecular weight is 371 g/mol. The molecular formula is C20H25N3O4. The number of carbonyl (C=O) groups is 2. The molecular weight excluding hydrogens is 346 g/mol. The molecule has 1 aromatic heterocycles. The zero-order valence-corrected chi connectivity index (χ0v) is 15.7. The lowest BCUT2D eigenvalue weighted by atomic mass is 10.1. The minimum Gasteiger partial charge on any atom is -0.465 e. The van der Waals surface area contributed by atoms with Gasteiger partial charge in [0.05, 0.1) is 19.3 Å². The molecule has 2 amide bonds. The molecule has 2 heterocycles. The second-order valence-electron chi connectivity index (χ2n) is 6.58. The van der Waals surface area contributed by atoms with Gasteiger partial charge in [0.2, 0.25) is 5.91 Å². The van der Waals surface area contributed by atoms with Crippen LogP contribution in [0.1, 0.15) is 34.8 Å². The largest absolute Gasteiger partial charge is 0.465 e. The van der Waals surface area contributed by atoms with Gasteiger partial charge in [0.15, 0.2) is 0 Å². The van der Waals surface area contributed by atoms with Crippen molar-refractivity contribution in [1.82, 2.24) is 10.2 Å². The van der Waals surface area contributed by atoms with Crippen LogP contribution >= 0.6 is 0 Å². The molecule has 1 saturated heterocycles. The molecule has 0 bridgehead atoms. The van der Waals surface area contributed by atoms with Crippen molar-refractivity contribution in [2.24, 2.45) is 0 Å². The summed E-state index contributed by atoms with van der Waals surface area (Å²) in [4.78, 5) is 25.9. The zero-order chi connectivity index (χ0) is 19.2. The minimum absolute atomic E-state index is 0.0368. The van der Waals surface area contributed by atoms with Gasteiger partial charge in [-0.2, -0.15) is 0 Å². The molecule has 1 aliphatic heterocycles. The summed E-state index contributed by atoms with van der Waals surface area (Å²) < 4.78 is 11.3. The molecule has 27 heavy (non-hydrogen) atoms. The Labute approximate surface area is 158 Å². The van der Waals surface area contributed by atoms with Gasteiger partial charge in [0, 0.05) is 37.8 Å². The van der Waals surface area contributed by atoms with Crippen molar-refractivity contribution in [3.63, 3.8) is 0 Å². The lowest BCUT2D eigenvalue weighted by Crippen LogP contribution is -2.43. The van der Waals surface area contributed by atoms with E-state index in [1.54, 1.807) is 24.3 Å². The van der Waals surface area contributed by atoms with E-state index >= 15 is 0 Å². The van der Waals surface area contributed by atoms with Crippen LogP contribution in [-0.2, 0) is 9.53 Å². The van der Waals surface area contributed by atoms with E-state index in [0.717, 1.165) is 24.6 Å². The van der Waals surface area contributed by atoms with Crippen LogP contribution in [0.2, 0.25) is 0 Å². The van der Waals surface area contributed by atoms with E-state index in [0.29, 0.717) is 31.0 Å². The zero-order valence-electron chi connectivity index (χ0n) is 15.7. The number of furan rings is 1. The Morgan fingerprint density at radius 3 is 2.41 bits per heavy atom. The molecule has 1 fully saturated rings. The summed E-state index contributed by atoms with van der Waals surface area (Å²) in [6.45, 7) is 6.75. The van der Waals surface area contributed by atoms with Gasteiger partial charge in [0.1, 0.15) is 11.5 Å². The first kappa shape index (κ1) is 19.1. The second kappa shape index (κ2) is 8.83. The molecule has 2 N–H and O–H groups in total. The third-order valence-corrected chi connectivity index (χ3v) is 4.50. The average Bonchev–Trinajstić information content (AvgIpc) is 3.09. The molecule has 7 heteroatoms. The van der Waals surface area contributed by atoms with E-state index in [9.17, 15) is 9.59 Å². The standard InChI is InChI=1S/C20H25N3O4/c1-14-3-8-19(27-14)18(23-9-11-26-12-10-23)13-21-20(25)16-4-6-17(7-5-16)22-15(2)24/h3-8,18H,9-13H2,1-2H3,(H,21,25)(H,22,24). The third-order valence-electron chi connectivity index (χ3n) is 4.50. The van der Waals surface area contributed by atoms with Crippen molar-refractivity contribution in [3.05, 3.63) is 53.5 Å². The maximum Gasteiger partial charge on any atom is 0.251 e. The monoisotopic (exact) mass is 371 g/mol. The number of ether oxygens (including phenoxy) is 1. The quantitative estimate of drug-likeness (QED) is 0.814. The Morgan fingerprint density at radius 1 is 1.11 bits per heavy atom. The number of hydrogen-bond donors (Lipinski definition) is 2. The van der Waals surface area contributed by atoms with Crippen LogP contribution < -0.4 is 10.6 Å². The number of aryl methyl sites for hydroxylation is 1. The van der Waals surface area contributed by atoms with Crippen LogP contribution in [-0.4, -0.2) is 49.6 Å². The molecule has 0 saturated carbocycles. The number of hydrogen-bond acceptors (Lipinski definition) is 5. The molecule has 0 spiro atoms. The van der Waals surface area contributed by atoms with Crippen molar-refractivity contribution in [2.45, 2.75) is 19.9 Å². The predicted molar refractivity (Wildman–Crippen MR) is 102 cm³/mol. The number of anilines is 1. The van der Waals surface area contributed by atoms with Gasteiger partial charge in [-0.25, -0.2) is 0 Å². The highest BCUT2D eigenvalue weighted by molar-refractivity contribution is 5.95. The number of morpholine rings is 1. The molecule has 1 atom stereocenters. The SMILES string of the molecule is CC(=O)Nc1ccc(C(=O)NCC(c2ccc(C)o2)N2CCOCC2)cc1. The summed E-state index contributed by atoms with van der Waals surface area (Å²) in [5.74, 6) is 1.39. The molecule has 144 valence electrons. The third kappa shape index (κ3) is 5.18. The van der Waals surface area contributed by atoms with E-state index in [1.165, 1.54) is 6.92 Å². The molecule has 3 rings (SSSR count). The van der Waals surface area contributed by atoms with Crippen LogP contribution in [0, 0.1) is 6.92 Å². The van der Waals surface area contributed by atoms with Gasteiger partial charge in [-0.15, -0.1) is 0 Å². The molecule has 1 aromatic carbocycles. The molecule has 1 aliphatic rings. The fourth-order valence-corrected chi connectivity index (χ4v) is 3.13. The number of nitrogens with zero attached hydrogens (tertiary/aromatic N) is 1. The second-order valence-corrected chi connectivity index (χ2v) is 6.58. The van der Waals surface area contributed by atoms with Gasteiger partial charge in [-0.3, -0.25) is 14.5 Å². The maximum atomic E-state index is 12.5. The smallest absolute Gasteiger partial charge is 0.251 e. The van der Waals surface area contributed by atoms with Crippen LogP contribution in [0.25, 0.3) is 0 Å². The summed E-state index contributed by atoms with van der Waals surface area (Å²) in [6.07, 6.45) is 0. The first-order valence-corrected chi connectivity index (χ1v) is 9.07. The van der Waals surface area contributed by atoms with Gasteiger partial charge < -0.3 is 19.8 Å². The van der Waals surface area contributed by atoms with Crippen LogP contribution in [0.3, 0.4) is 0 Å². The Morgan fingerprint density at radius 2 is 1.81 bits per heavy atom. The fraction of sp³-hybridized carbons (Fsp3) is 0.400. The number of rotatable bonds is 6. The normalized spacial score (nSPS) is 15.9. The highest BCUT2D eigenvalue weighted by Crippen LogP contribution is 2.23. The molecule has 0 aliphatic carbocycles. The van der Waals surface area contributed by atoms with Gasteiger partial charge >= 0.3 is 0 Å². The number of carbonyl (C=O) groups excluding carboxylic acids is 2. The van der Waals surface area contributed by atoms with Crippen LogP contribution in [0.5, 0.6) is 0 Å². The van der Waals surface area contributed by atoms with Gasteiger partial charge in [-0.1, -0.05) is 0 Å². The molecule has 2 aromatic rings. The number of benzene rings is 1. The highest BCUT2D eigenvalue weighted by Gasteiger charge is 2.25. The first-order valence-electron chi connectivity index (χ1n) is 9.07. The molecule has 7 nitrogen and oxygen atoms in total. The van der Waals surface area contributed by atoms with E-state index in [-0.39, 0.29) is 17.9 Å². The van der Waals surface area contributed by atoms with Crippen molar-refractivity contribution >= 4 is 17.5 Å². The van der Waals surface area contributed by atoms with E-state index in [2.05, 4.69) is 15.5 Å². The van der Waals surface area contributed by atoms with Gasteiger partial charge in [0.25, 0.3) is 5.91 Å². The molecule has 1 unspecified atom stereocenters. The molecule has 0 radical (unpaired) electrons. The first-order chi connectivity index (χ1) is 13.0. The topological polar surface area (TPSA) is 83.8 Å². The van der Waals surface area contributed by atoms with E-state index < -0.39 is 0 Å². The Balaban J connectivity index is 1.65. The summed E-state index contributed by atoms with van der Waals surface area (Å²) in [5, 5.41) is 5.68. The lowest BCUT2D eigenvalue weighted by molar-refractivity contribution is -0.114. The van der Waals surface area contributed by atoms with Crippen molar-refractivity contribution < 1.29 is 18.7 Å². The number of amides is 2. The van der Waals surface area contributed by atoms with Crippen LogP contribution in [0.15, 0.2) is 40.8 Å². The summed E-state index contributed by atoms with van der Waals surface area (Å²) in [5.41, 5.74) is 1.21. The summed E-state index contributed by atoms with van der Waals surface area (Å²) in [7, 11) is 0. The lowest BCUT2D eigenvalue weighted by Gasteiger charge is -2.33. The predicted octanol–water partition coefficient (Wildman–Crippen LogP) is 2.35. The Hall–Kier alpha value is -2.64. The van der Waals surface area contributed by atoms with E-state index in [4.69, 9.17) is 9.15 Å².